The summed E-state index contributed by atoms with van der Waals surface area (Å²) in [5.74, 6) is -5.65. The Morgan fingerprint density at radius 1 is 0.410 bits per heavy atom. The number of carbonyl (C=O) groups excluding carboxylic acids is 12. The summed E-state index contributed by atoms with van der Waals surface area (Å²) < 4.78 is 10.4. The third-order valence-electron chi connectivity index (χ3n) is 33.8. The van der Waals surface area contributed by atoms with E-state index in [9.17, 15) is 82.4 Å². The fourth-order valence-corrected chi connectivity index (χ4v) is 23.4. The van der Waals surface area contributed by atoms with E-state index in [1.54, 1.807) is 84.1 Å². The Morgan fingerprint density at radius 2 is 0.736 bits per heavy atom. The zero-order chi connectivity index (χ0) is 111. The van der Waals surface area contributed by atoms with E-state index in [0.29, 0.717) is 86.5 Å². The lowest BCUT2D eigenvalue weighted by atomic mass is 9.79. The van der Waals surface area contributed by atoms with Gasteiger partial charge >= 0.3 is 30.2 Å². The van der Waals surface area contributed by atoms with Gasteiger partial charge in [0.15, 0.2) is 6.10 Å². The number of carbonyl (C=O) groups is 14. The van der Waals surface area contributed by atoms with Crippen LogP contribution in [-0.2, 0) is 62.2 Å². The molecule has 0 aromatic heterocycles. The van der Waals surface area contributed by atoms with E-state index in [4.69, 9.17) is 31.2 Å². The Hall–Kier alpha value is -8.06. The molecule has 824 valence electrons. The number of likely N-dealkylation sites (tertiary alicyclic amines) is 4. The number of rotatable bonds is 25. The number of alkyl carbamates (subject to hydrolysis) is 2. The molecule has 36 nitrogen and oxygen atoms in total. The zero-order valence-corrected chi connectivity index (χ0v) is 94.5. The molecule has 12 amide bonds. The van der Waals surface area contributed by atoms with Crippen molar-refractivity contribution in [3.8, 4) is 0 Å². The van der Waals surface area contributed by atoms with Crippen LogP contribution in [0.3, 0.4) is 0 Å². The van der Waals surface area contributed by atoms with E-state index in [1.165, 1.54) is 19.3 Å². The largest absolute Gasteiger partial charge is 0.480 e. The van der Waals surface area contributed by atoms with Crippen molar-refractivity contribution < 1.29 is 102 Å². The topological polar surface area (TPSA) is 532 Å². The molecular weight excluding hydrogens is 1840 g/mol. The van der Waals surface area contributed by atoms with Crippen LogP contribution in [0.1, 0.15) is 351 Å². The number of nitrogens with zero attached hydrogens (tertiary/aromatic N) is 4. The second kappa shape index (κ2) is 43.9. The number of nitrogens with one attached hydrogen (secondary N) is 9. The van der Waals surface area contributed by atoms with E-state index in [-0.39, 0.29) is 103 Å². The standard InChI is InChI=1S/C28H47N5O5.C28H48N4O6.C16H28N2O3.C16H30N2O2.C11H21NO4.C9H17NO/c1-25(2,3)20(31-24(38)32-26(4,5)6)23(37)33-15-28(14-27(28,7)8)13-18(33)22(36)30-17(19(34)21(29)35)12-16-10-9-11-16;1-25(2,3)20(31-24(37)38-26(4,5)6)23(36)32-15-28(14-27(28,7)8)13-18(32)22(35)30-17(19(33)21(29)34)12-16-10-9-11-16;1-14(2,3)11(17-6)12(19)18-9-16(8-15(16,4)5)7-10(18)13(20)21;1-14(2,3)12(17-6)13(20)18-10-16(7-11(18)8-19)9-15(16,4)5;1-10(2,3)7(8(13)14)12-9(15)16-11(4,5)6;1-8(2)5-9(8)3-7(4-11)10-6-9/h16-18,20H,9-15H2,1-8H3,(H2,29,35)(H,30,36)(H2,31,32,38);16-20,33H,9-15H2,1-8H3,(H2,29,34)(H,30,35)(H,31,37);10-11,17H,7-9H2,1-6H3,(H,20,21);11-12,17,19H,7-10H2,1-6H3;7H,1-6H3,(H,12,15)(H,13,14);7,10-11H,3-6H2,1-2H3/t17?,18-,20+,28?;17?,18-,19?,20+,28?;10-,11+,16?;11-,12+,16?;7-;7-,9?/m000010/s1. The quantitative estimate of drug-likeness (QED) is 0.0378. The van der Waals surface area contributed by atoms with E-state index in [1.807, 2.05) is 95.0 Å². The van der Waals surface area contributed by atoms with Crippen LogP contribution in [0.5, 0.6) is 0 Å². The Kier molecular flexibility index (Phi) is 37.4. The number of aliphatic carboxylic acids is 2. The van der Waals surface area contributed by atoms with Crippen LogP contribution in [0.4, 0.5) is 14.4 Å². The summed E-state index contributed by atoms with van der Waals surface area (Å²) in [6.45, 7) is 70.3. The minimum atomic E-state index is -1.51. The molecule has 18 atom stereocenters. The first kappa shape index (κ1) is 123. The van der Waals surface area contributed by atoms with Gasteiger partial charge in [-0.3, -0.25) is 43.2 Å². The van der Waals surface area contributed by atoms with Gasteiger partial charge in [-0.25, -0.2) is 24.0 Å². The monoisotopic (exact) mass is 2030 g/mol. The smallest absolute Gasteiger partial charge is 0.408 e. The highest BCUT2D eigenvalue weighted by Gasteiger charge is 2.72. The lowest BCUT2D eigenvalue weighted by Crippen LogP contribution is -2.61. The highest BCUT2D eigenvalue weighted by Crippen LogP contribution is 2.73. The maximum absolute atomic E-state index is 14.1. The highest BCUT2D eigenvalue weighted by molar-refractivity contribution is 6.38. The normalized spacial score (nSPS) is 28.6. The molecule has 12 fully saturated rings. The van der Waals surface area contributed by atoms with Crippen LogP contribution in [0.15, 0.2) is 0 Å². The first-order valence-electron chi connectivity index (χ1n) is 52.6. The fraction of sp³-hybridized carbons (Fsp3) is 0.870. The predicted octanol–water partition coefficient (Wildman–Crippen LogP) is 10.8. The number of nitrogens with two attached hydrogens (primary N) is 2. The maximum atomic E-state index is 14.1. The van der Waals surface area contributed by atoms with Crippen LogP contribution in [-0.4, -0.2) is 284 Å². The number of amides is 12. The van der Waals surface area contributed by atoms with Gasteiger partial charge in [-0.1, -0.05) is 212 Å². The summed E-state index contributed by atoms with van der Waals surface area (Å²) in [5.41, 5.74) is 7.89. The molecule has 0 radical (unpaired) electrons. The summed E-state index contributed by atoms with van der Waals surface area (Å²) in [6, 6.07) is -7.54. The number of hydrogen-bond donors (Lipinski definition) is 16. The molecule has 0 bridgehead atoms. The summed E-state index contributed by atoms with van der Waals surface area (Å²) in [4.78, 5) is 183. The minimum absolute atomic E-state index is 0.00188. The number of aliphatic hydroxyl groups excluding tert-OH is 3. The summed E-state index contributed by atoms with van der Waals surface area (Å²) in [5, 5.41) is 73.6. The van der Waals surface area contributed by atoms with E-state index in [0.717, 1.165) is 77.3 Å². The Bertz CT molecular complexity index is 4640. The van der Waals surface area contributed by atoms with Gasteiger partial charge < -0.3 is 114 Å². The number of hydrogen-bond acceptors (Lipinski definition) is 22. The van der Waals surface area contributed by atoms with Gasteiger partial charge in [0, 0.05) is 44.3 Å². The lowest BCUT2D eigenvalue weighted by molar-refractivity contribution is -0.150. The van der Waals surface area contributed by atoms with E-state index < -0.39 is 147 Å². The number of Topliss-reactive ketones (excluding diaryl/α,β-unsaturated/α-hetero) is 1. The molecule has 7 aliphatic carbocycles. The van der Waals surface area contributed by atoms with Crippen molar-refractivity contribution >= 4 is 83.2 Å². The average molecular weight is 2040 g/mol. The average Bonchev–Trinajstić information content (AvgIpc) is 1.54. The van der Waals surface area contributed by atoms with Crippen LogP contribution in [0, 0.1) is 93.1 Å². The molecule has 7 saturated carbocycles. The van der Waals surface area contributed by atoms with Crippen molar-refractivity contribution in [2.45, 2.75) is 446 Å². The first-order valence-corrected chi connectivity index (χ1v) is 52.6. The van der Waals surface area contributed by atoms with Gasteiger partial charge in [0.25, 0.3) is 5.91 Å². The van der Waals surface area contributed by atoms with Gasteiger partial charge in [0.05, 0.1) is 43.4 Å². The third-order valence-corrected chi connectivity index (χ3v) is 33.8. The fourth-order valence-electron chi connectivity index (χ4n) is 23.4. The molecule has 5 spiro atoms. The van der Waals surface area contributed by atoms with Crippen molar-refractivity contribution in [1.82, 2.24) is 67.5 Å². The number of carboxylic acid groups (broad SMARTS) is 2. The second-order valence-corrected chi connectivity index (χ2v) is 56.4. The van der Waals surface area contributed by atoms with Gasteiger partial charge in [0.1, 0.15) is 47.5 Å². The molecule has 144 heavy (non-hydrogen) atoms. The van der Waals surface area contributed by atoms with E-state index in [2.05, 4.69) is 138 Å². The molecule has 8 unspecified atom stereocenters. The summed E-state index contributed by atoms with van der Waals surface area (Å²) in [7, 11) is 3.60. The van der Waals surface area contributed by atoms with Gasteiger partial charge in [-0.15, -0.1) is 0 Å². The van der Waals surface area contributed by atoms with Crippen LogP contribution in [0.2, 0.25) is 0 Å². The highest BCUT2D eigenvalue weighted by atomic mass is 16.6. The minimum Gasteiger partial charge on any atom is -0.480 e. The van der Waals surface area contributed by atoms with E-state index >= 15 is 0 Å². The molecule has 12 aliphatic rings. The van der Waals surface area contributed by atoms with Crippen LogP contribution >= 0.6 is 0 Å². The summed E-state index contributed by atoms with van der Waals surface area (Å²) in [6.07, 6.45) is 12.8. The van der Waals surface area contributed by atoms with Crippen LogP contribution < -0.4 is 59.3 Å². The Balaban J connectivity index is 0.000000246. The van der Waals surface area contributed by atoms with Gasteiger partial charge in [-0.05, 0) is 247 Å². The number of urea groups is 1. The molecule has 5 heterocycles. The number of ether oxygens (including phenoxy) is 2. The number of likely N-dealkylation sites (N-methyl/N-ethyl adjacent to an activating group) is 2. The second-order valence-electron chi connectivity index (χ2n) is 56.4. The van der Waals surface area contributed by atoms with Crippen molar-refractivity contribution in [2.24, 2.45) is 105 Å². The first-order chi connectivity index (χ1) is 65.1. The molecule has 12 rings (SSSR count). The SMILES string of the molecule is CC(C)(C)NC(=O)N[C@H](C(=O)N1CC2(C[C@H]1C(=O)NC(CC1CCC1)C(=O)C(N)=O)CC2(C)C)C(C)(C)C.CC(C)(C)OC(=O)N[C@H](C(=O)N1CC2(C[C@H]1C(=O)NC(CC1CCC1)C(O)C(N)=O)CC2(C)C)C(C)(C)C.CC(C)(C)OC(=O)N[C@H](C(=O)O)C(C)(C)C.CC1(C)CC12CN[C@H](CO)C2.CN[C@H](C(=O)N1CC2(C[C@H]1C(=O)O)CC2(C)C)C(C)(C)C.CN[C@H](C(=O)N1CC2(C[C@H]1CO)CC2(C)C)C(C)(C)C. The van der Waals surface area contributed by atoms with Gasteiger partial charge in [0.2, 0.25) is 47.1 Å². The molecule has 0 aromatic rings. The molecule has 5 saturated heterocycles. The number of primary amides is 2. The molecular formula is C108H191N15O21. The van der Waals surface area contributed by atoms with Crippen LogP contribution in [0.25, 0.3) is 0 Å². The Morgan fingerprint density at radius 3 is 1.03 bits per heavy atom. The van der Waals surface area contributed by atoms with Crippen molar-refractivity contribution in [3.63, 3.8) is 0 Å². The maximum Gasteiger partial charge on any atom is 0.408 e. The Labute approximate surface area is 859 Å². The van der Waals surface area contributed by atoms with Crippen molar-refractivity contribution in [3.05, 3.63) is 0 Å². The molecule has 36 heteroatoms. The lowest BCUT2D eigenvalue weighted by Gasteiger charge is -2.36. The third kappa shape index (κ3) is 30.0. The molecule has 5 aliphatic heterocycles. The molecule has 18 N–H and O–H groups in total. The molecule has 0 aromatic carbocycles. The number of ketones is 1. The summed E-state index contributed by atoms with van der Waals surface area (Å²) >= 11 is 0. The predicted molar refractivity (Wildman–Crippen MR) is 552 cm³/mol. The number of aliphatic hydroxyl groups is 3. The van der Waals surface area contributed by atoms with Gasteiger partial charge in [-0.2, -0.15) is 0 Å². The zero-order valence-electron chi connectivity index (χ0n) is 94.5. The van der Waals surface area contributed by atoms with Crippen molar-refractivity contribution in [1.29, 1.82) is 0 Å². The van der Waals surface area contributed by atoms with Crippen molar-refractivity contribution in [2.75, 3.05) is 60.0 Å². The number of carboxylic acids is 2.